The van der Waals surface area contributed by atoms with Crippen molar-refractivity contribution in [3.05, 3.63) is 83.3 Å². The van der Waals surface area contributed by atoms with E-state index in [0.717, 1.165) is 0 Å². The van der Waals surface area contributed by atoms with E-state index in [1.165, 1.54) is 53.2 Å². The summed E-state index contributed by atoms with van der Waals surface area (Å²) in [4.78, 5) is 40.6. The van der Waals surface area contributed by atoms with Crippen molar-refractivity contribution in [2.75, 3.05) is 5.32 Å². The molecule has 2 aromatic heterocycles. The van der Waals surface area contributed by atoms with Gasteiger partial charge in [0.25, 0.3) is 11.8 Å². The van der Waals surface area contributed by atoms with Gasteiger partial charge in [-0.3, -0.25) is 14.4 Å². The summed E-state index contributed by atoms with van der Waals surface area (Å²) in [5, 5.41) is 21.5. The normalized spacial score (nSPS) is 10.8. The van der Waals surface area contributed by atoms with E-state index in [9.17, 15) is 28.3 Å². The van der Waals surface area contributed by atoms with Gasteiger partial charge in [-0.2, -0.15) is 13.9 Å². The van der Waals surface area contributed by atoms with Crippen molar-refractivity contribution < 1.29 is 33.0 Å². The second-order valence-electron chi connectivity index (χ2n) is 7.63. The zero-order chi connectivity index (χ0) is 26.4. The fraction of sp³-hybridized carbons (Fsp3) is 0.125. The van der Waals surface area contributed by atoms with Crippen molar-refractivity contribution in [3.8, 4) is 11.5 Å². The molecule has 4 rings (SSSR count). The van der Waals surface area contributed by atoms with Gasteiger partial charge in [0.05, 0.1) is 11.9 Å². The Morgan fingerprint density at radius 2 is 1.78 bits per heavy atom. The fourth-order valence-electron chi connectivity index (χ4n) is 3.44. The molecule has 2 aromatic carbocycles. The van der Waals surface area contributed by atoms with Crippen LogP contribution in [0.15, 0.2) is 60.8 Å². The highest BCUT2D eigenvalue weighted by molar-refractivity contribution is 5.98. The fourth-order valence-corrected chi connectivity index (χ4v) is 3.44. The van der Waals surface area contributed by atoms with Gasteiger partial charge in [-0.25, -0.2) is 9.50 Å². The molecule has 11 nitrogen and oxygen atoms in total. The minimum Gasteiger partial charge on any atom is -0.506 e. The van der Waals surface area contributed by atoms with Crippen molar-refractivity contribution in [2.45, 2.75) is 19.7 Å². The molecular weight excluding hydrogens is 490 g/mol. The van der Waals surface area contributed by atoms with Crippen LogP contribution in [0.4, 0.5) is 14.5 Å². The van der Waals surface area contributed by atoms with Crippen molar-refractivity contribution in [2.24, 2.45) is 0 Å². The van der Waals surface area contributed by atoms with Crippen LogP contribution >= 0.6 is 0 Å². The number of phenolic OH excluding ortho intramolecular Hbond substituents is 1. The van der Waals surface area contributed by atoms with E-state index in [1.54, 1.807) is 12.1 Å². The van der Waals surface area contributed by atoms with E-state index < -0.39 is 18.4 Å². The topological polar surface area (TPSA) is 147 Å². The molecule has 0 spiro atoms. The van der Waals surface area contributed by atoms with Crippen LogP contribution in [-0.2, 0) is 17.9 Å². The lowest BCUT2D eigenvalue weighted by molar-refractivity contribution is -0.105. The van der Waals surface area contributed by atoms with Crippen LogP contribution in [0.5, 0.6) is 11.5 Å². The van der Waals surface area contributed by atoms with E-state index in [-0.39, 0.29) is 47.3 Å². The minimum absolute atomic E-state index is 0.00386. The Balaban J connectivity index is 1.48. The number of ether oxygens (including phenoxy) is 1. The van der Waals surface area contributed by atoms with Crippen LogP contribution < -0.4 is 20.7 Å². The van der Waals surface area contributed by atoms with E-state index in [1.807, 2.05) is 0 Å². The predicted molar refractivity (Wildman–Crippen MR) is 126 cm³/mol. The first-order valence-corrected chi connectivity index (χ1v) is 10.8. The van der Waals surface area contributed by atoms with Crippen LogP contribution in [0.25, 0.3) is 5.65 Å². The molecule has 0 saturated carbocycles. The molecule has 190 valence electrons. The van der Waals surface area contributed by atoms with E-state index in [0.29, 0.717) is 17.5 Å². The highest BCUT2D eigenvalue weighted by atomic mass is 19.3. The summed E-state index contributed by atoms with van der Waals surface area (Å²) in [6.45, 7) is -2.91. The Hall–Kier alpha value is -5.07. The Morgan fingerprint density at radius 1 is 1.03 bits per heavy atom. The Kier molecular flexibility index (Phi) is 7.52. The molecule has 0 unspecified atom stereocenters. The van der Waals surface area contributed by atoms with Crippen LogP contribution in [-0.4, -0.2) is 44.5 Å². The summed E-state index contributed by atoms with van der Waals surface area (Å²) in [5.74, 6) is -1.32. The monoisotopic (exact) mass is 510 g/mol. The molecule has 0 fully saturated rings. The van der Waals surface area contributed by atoms with Crippen LogP contribution in [0, 0.1) is 0 Å². The molecular formula is C24H20F2N6O5. The maximum absolute atomic E-state index is 12.9. The molecule has 4 aromatic rings. The van der Waals surface area contributed by atoms with Crippen molar-refractivity contribution in [1.82, 2.24) is 25.2 Å². The number of hydrogen-bond acceptors (Lipinski definition) is 7. The lowest BCUT2D eigenvalue weighted by Gasteiger charge is -2.11. The Morgan fingerprint density at radius 3 is 2.54 bits per heavy atom. The number of rotatable bonds is 10. The average Bonchev–Trinajstić information content (AvgIpc) is 3.36. The lowest BCUT2D eigenvalue weighted by atomic mass is 10.2. The molecule has 0 aliphatic rings. The number of aromatic hydroxyl groups is 1. The number of anilines is 1. The van der Waals surface area contributed by atoms with Crippen LogP contribution in [0.3, 0.4) is 0 Å². The summed E-state index contributed by atoms with van der Waals surface area (Å²) in [7, 11) is 0. The van der Waals surface area contributed by atoms with Gasteiger partial charge in [0.1, 0.15) is 22.9 Å². The summed E-state index contributed by atoms with van der Waals surface area (Å²) in [5.41, 5.74) is 1.54. The van der Waals surface area contributed by atoms with E-state index in [2.05, 4.69) is 30.8 Å². The van der Waals surface area contributed by atoms with Gasteiger partial charge >= 0.3 is 6.61 Å². The molecule has 13 heteroatoms. The summed E-state index contributed by atoms with van der Waals surface area (Å²) >= 11 is 0. The molecule has 3 amide bonds. The van der Waals surface area contributed by atoms with Gasteiger partial charge in [-0.1, -0.05) is 18.2 Å². The number of nitrogens with one attached hydrogen (secondary N) is 3. The van der Waals surface area contributed by atoms with Gasteiger partial charge in [-0.15, -0.1) is 0 Å². The molecule has 4 N–H and O–H groups in total. The van der Waals surface area contributed by atoms with E-state index in [4.69, 9.17) is 0 Å². The number of amides is 3. The second kappa shape index (κ2) is 11.1. The number of nitrogens with zero attached hydrogens (tertiary/aromatic N) is 3. The first kappa shape index (κ1) is 25.0. The highest BCUT2D eigenvalue weighted by Gasteiger charge is 2.18. The molecule has 0 bridgehead atoms. The van der Waals surface area contributed by atoms with Crippen LogP contribution in [0.1, 0.15) is 32.1 Å². The maximum atomic E-state index is 12.9. The number of fused-ring (bicyclic) bond motifs is 1. The number of halogens is 2. The van der Waals surface area contributed by atoms with Gasteiger partial charge in [0.2, 0.25) is 6.41 Å². The molecule has 0 saturated heterocycles. The van der Waals surface area contributed by atoms with Crippen molar-refractivity contribution >= 4 is 29.6 Å². The number of alkyl halides is 2. The third-order valence-electron chi connectivity index (χ3n) is 5.13. The minimum atomic E-state index is -2.97. The van der Waals surface area contributed by atoms with Gasteiger partial charge in [-0.05, 0) is 35.4 Å². The number of phenols is 1. The maximum Gasteiger partial charge on any atom is 0.387 e. The lowest BCUT2D eigenvalue weighted by Crippen LogP contribution is -2.28. The molecule has 2 heterocycles. The summed E-state index contributed by atoms with van der Waals surface area (Å²) < 4.78 is 30.6. The highest BCUT2D eigenvalue weighted by Crippen LogP contribution is 2.23. The number of aromatic nitrogens is 3. The Labute approximate surface area is 208 Å². The number of benzene rings is 2. The van der Waals surface area contributed by atoms with Crippen molar-refractivity contribution in [1.29, 1.82) is 0 Å². The van der Waals surface area contributed by atoms with Crippen molar-refractivity contribution in [3.63, 3.8) is 0 Å². The third-order valence-corrected chi connectivity index (χ3v) is 5.13. The SMILES string of the molecule is O=CNc1cc(CNC(=O)c2cc(C(=O)NCc3cccc(OC(F)F)c3)n3nccc3n2)ccc1O. The number of carbonyl (C=O) groups is 3. The van der Waals surface area contributed by atoms with E-state index >= 15 is 0 Å². The molecule has 37 heavy (non-hydrogen) atoms. The first-order valence-electron chi connectivity index (χ1n) is 10.8. The van der Waals surface area contributed by atoms with Crippen LogP contribution in [0.2, 0.25) is 0 Å². The second-order valence-corrected chi connectivity index (χ2v) is 7.63. The first-order chi connectivity index (χ1) is 17.8. The largest absolute Gasteiger partial charge is 0.506 e. The molecule has 0 radical (unpaired) electrons. The smallest absolute Gasteiger partial charge is 0.387 e. The zero-order valence-electron chi connectivity index (χ0n) is 19.0. The zero-order valence-corrected chi connectivity index (χ0v) is 19.0. The Bertz CT molecular complexity index is 1460. The molecule has 0 aliphatic heterocycles. The average molecular weight is 510 g/mol. The van der Waals surface area contributed by atoms with Gasteiger partial charge < -0.3 is 25.8 Å². The third kappa shape index (κ3) is 6.14. The number of hydrogen-bond donors (Lipinski definition) is 4. The summed E-state index contributed by atoms with van der Waals surface area (Å²) in [6, 6.07) is 13.1. The van der Waals surface area contributed by atoms with Gasteiger partial charge in [0, 0.05) is 25.2 Å². The summed E-state index contributed by atoms with van der Waals surface area (Å²) in [6.07, 6.45) is 1.84. The predicted octanol–water partition coefficient (Wildman–Crippen LogP) is 2.46. The standard InChI is InChI=1S/C24H20F2N6O5/c25-24(26)37-16-3-1-2-14(8-16)11-28-23(36)19-10-18(31-21-6-7-30-32(19)21)22(35)27-12-15-4-5-20(34)17(9-15)29-13-33/h1-10,13,24,34H,11-12H2,(H,27,35)(H,28,36)(H,29,33). The number of carbonyl (C=O) groups excluding carboxylic acids is 3. The molecule has 0 atom stereocenters. The quantitative estimate of drug-likeness (QED) is 0.189. The van der Waals surface area contributed by atoms with Gasteiger partial charge in [0.15, 0.2) is 5.65 Å². The molecule has 0 aliphatic carbocycles.